The summed E-state index contributed by atoms with van der Waals surface area (Å²) >= 11 is 0. The van der Waals surface area contributed by atoms with E-state index in [9.17, 15) is 0 Å². The van der Waals surface area contributed by atoms with Crippen molar-refractivity contribution in [3.63, 3.8) is 0 Å². The first-order valence-electron chi connectivity index (χ1n) is 6.29. The predicted octanol–water partition coefficient (Wildman–Crippen LogP) is 3.18. The average Bonchev–Trinajstić information content (AvgIpc) is 2.31. The summed E-state index contributed by atoms with van der Waals surface area (Å²) in [5, 5.41) is 16.9. The first-order chi connectivity index (χ1) is 8.18. The quantitative estimate of drug-likeness (QED) is 0.746. The van der Waals surface area contributed by atoms with Gasteiger partial charge in [0.2, 0.25) is 0 Å². The standard InChI is InChI=1S/C6H10.C5H12O2.C4H10O/c1-5(2)6(3)4;1-5(2,3-6)4-7;1-3-5-4-2/h1,3H2,2,4H3;6-7H,3-4H2,1-2H3;3-4H2,1-2H3. The third-order valence-corrected chi connectivity index (χ3v) is 1.99. The van der Waals surface area contributed by atoms with Gasteiger partial charge >= 0.3 is 0 Å². The molecule has 110 valence electrons. The van der Waals surface area contributed by atoms with Gasteiger partial charge in [-0.05, 0) is 27.7 Å². The average molecular weight is 260 g/mol. The van der Waals surface area contributed by atoms with E-state index < -0.39 is 0 Å². The van der Waals surface area contributed by atoms with Crippen LogP contribution in [0.15, 0.2) is 24.3 Å². The summed E-state index contributed by atoms with van der Waals surface area (Å²) in [4.78, 5) is 0. The molecule has 3 heteroatoms. The molecule has 0 aromatic heterocycles. The Morgan fingerprint density at radius 3 is 1.22 bits per heavy atom. The van der Waals surface area contributed by atoms with Gasteiger partial charge in [-0.2, -0.15) is 0 Å². The number of ether oxygens (including phenoxy) is 1. The van der Waals surface area contributed by atoms with Crippen molar-refractivity contribution in [2.24, 2.45) is 5.41 Å². The first kappa shape index (κ1) is 22.5. The normalized spacial score (nSPS) is 9.56. The van der Waals surface area contributed by atoms with Gasteiger partial charge in [-0.1, -0.05) is 38.2 Å². The monoisotopic (exact) mass is 260 g/mol. The van der Waals surface area contributed by atoms with Crippen molar-refractivity contribution < 1.29 is 14.9 Å². The third kappa shape index (κ3) is 24.5. The Morgan fingerprint density at radius 2 is 1.22 bits per heavy atom. The first-order valence-corrected chi connectivity index (χ1v) is 6.29. The van der Waals surface area contributed by atoms with Crippen LogP contribution in [0.2, 0.25) is 0 Å². The molecule has 0 rings (SSSR count). The Bertz CT molecular complexity index is 188. The molecule has 0 spiro atoms. The Hall–Kier alpha value is -0.640. The molecule has 0 saturated carbocycles. The molecule has 0 fully saturated rings. The van der Waals surface area contributed by atoms with Crippen LogP contribution in [0.3, 0.4) is 0 Å². The Morgan fingerprint density at radius 1 is 0.944 bits per heavy atom. The van der Waals surface area contributed by atoms with Crippen LogP contribution in [0.1, 0.15) is 41.5 Å². The molecule has 0 aliphatic carbocycles. The molecule has 0 aromatic carbocycles. The number of hydrogen-bond donors (Lipinski definition) is 2. The van der Waals surface area contributed by atoms with Crippen molar-refractivity contribution in [1.82, 2.24) is 0 Å². The molecule has 0 radical (unpaired) electrons. The van der Waals surface area contributed by atoms with E-state index in [0.717, 1.165) is 24.4 Å². The van der Waals surface area contributed by atoms with Crippen LogP contribution in [0, 0.1) is 5.41 Å². The van der Waals surface area contributed by atoms with E-state index in [1.807, 2.05) is 27.7 Å². The molecule has 0 aliphatic heterocycles. The number of hydrogen-bond acceptors (Lipinski definition) is 3. The topological polar surface area (TPSA) is 49.7 Å². The highest BCUT2D eigenvalue weighted by Crippen LogP contribution is 2.10. The number of rotatable bonds is 5. The summed E-state index contributed by atoms with van der Waals surface area (Å²) in [6.45, 7) is 20.6. The highest BCUT2D eigenvalue weighted by molar-refractivity contribution is 5.19. The molecule has 0 heterocycles. The maximum absolute atomic E-state index is 8.43. The Labute approximate surface area is 113 Å². The fourth-order valence-electron chi connectivity index (χ4n) is 0.254. The van der Waals surface area contributed by atoms with E-state index in [1.54, 1.807) is 13.8 Å². The smallest absolute Gasteiger partial charge is 0.0504 e. The zero-order chi connectivity index (χ0) is 15.2. The lowest BCUT2D eigenvalue weighted by molar-refractivity contribution is 0.0857. The van der Waals surface area contributed by atoms with Gasteiger partial charge < -0.3 is 14.9 Å². The third-order valence-electron chi connectivity index (χ3n) is 1.99. The van der Waals surface area contributed by atoms with Crippen LogP contribution in [0.4, 0.5) is 0 Å². The van der Waals surface area contributed by atoms with Crippen molar-refractivity contribution in [3.8, 4) is 0 Å². The molecule has 3 nitrogen and oxygen atoms in total. The zero-order valence-electron chi connectivity index (χ0n) is 13.0. The number of aliphatic hydroxyl groups excluding tert-OH is 2. The molecular weight excluding hydrogens is 228 g/mol. The lowest BCUT2D eigenvalue weighted by Gasteiger charge is -2.16. The van der Waals surface area contributed by atoms with Gasteiger partial charge in [-0.15, -0.1) is 0 Å². The highest BCUT2D eigenvalue weighted by Gasteiger charge is 2.13. The van der Waals surface area contributed by atoms with Gasteiger partial charge in [0, 0.05) is 18.6 Å². The Kier molecular flexibility index (Phi) is 18.1. The molecule has 0 saturated heterocycles. The minimum absolute atomic E-state index is 0.0451. The van der Waals surface area contributed by atoms with Gasteiger partial charge in [0.1, 0.15) is 0 Å². The van der Waals surface area contributed by atoms with Crippen LogP contribution in [-0.2, 0) is 4.74 Å². The summed E-state index contributed by atoms with van der Waals surface area (Å²) in [6, 6.07) is 0. The molecule has 0 atom stereocenters. The summed E-state index contributed by atoms with van der Waals surface area (Å²) in [6.07, 6.45) is 0. The second-order valence-electron chi connectivity index (χ2n) is 4.82. The van der Waals surface area contributed by atoms with Gasteiger partial charge in [-0.25, -0.2) is 0 Å². The maximum Gasteiger partial charge on any atom is 0.0504 e. The van der Waals surface area contributed by atoms with Gasteiger partial charge in [-0.3, -0.25) is 0 Å². The fourth-order valence-corrected chi connectivity index (χ4v) is 0.254. The summed E-state index contributed by atoms with van der Waals surface area (Å²) in [5.74, 6) is 0. The van der Waals surface area contributed by atoms with Gasteiger partial charge in [0.15, 0.2) is 0 Å². The van der Waals surface area contributed by atoms with Crippen molar-refractivity contribution in [2.45, 2.75) is 41.5 Å². The van der Waals surface area contributed by atoms with Crippen molar-refractivity contribution in [2.75, 3.05) is 26.4 Å². The van der Waals surface area contributed by atoms with Crippen LogP contribution in [0.5, 0.6) is 0 Å². The minimum atomic E-state index is -0.306. The second-order valence-corrected chi connectivity index (χ2v) is 4.82. The lowest BCUT2D eigenvalue weighted by Crippen LogP contribution is -2.20. The molecule has 2 N–H and O–H groups in total. The van der Waals surface area contributed by atoms with Crippen LogP contribution < -0.4 is 0 Å². The zero-order valence-corrected chi connectivity index (χ0v) is 13.0. The van der Waals surface area contributed by atoms with E-state index in [1.165, 1.54) is 0 Å². The molecule has 0 aliphatic rings. The van der Waals surface area contributed by atoms with Crippen molar-refractivity contribution >= 4 is 0 Å². The van der Waals surface area contributed by atoms with Crippen molar-refractivity contribution in [3.05, 3.63) is 24.3 Å². The molecule has 18 heavy (non-hydrogen) atoms. The molecule has 0 unspecified atom stereocenters. The highest BCUT2D eigenvalue weighted by atomic mass is 16.5. The largest absolute Gasteiger partial charge is 0.396 e. The molecule has 0 aromatic rings. The summed E-state index contributed by atoms with van der Waals surface area (Å²) in [7, 11) is 0. The molecular formula is C15H32O3. The van der Waals surface area contributed by atoms with Gasteiger partial charge in [0.25, 0.3) is 0 Å². The molecule has 0 bridgehead atoms. The predicted molar refractivity (Wildman–Crippen MR) is 79.7 cm³/mol. The number of allylic oxidation sites excluding steroid dienone is 2. The number of aliphatic hydroxyl groups is 2. The van der Waals surface area contributed by atoms with E-state index in [2.05, 4.69) is 13.2 Å². The summed E-state index contributed by atoms with van der Waals surface area (Å²) < 4.78 is 4.83. The SMILES string of the molecule is C=C(C)C(=C)C.CC(C)(CO)CO.CCOCC. The van der Waals surface area contributed by atoms with E-state index in [0.29, 0.717) is 0 Å². The fraction of sp³-hybridized carbons (Fsp3) is 0.733. The van der Waals surface area contributed by atoms with Crippen LogP contribution >= 0.6 is 0 Å². The van der Waals surface area contributed by atoms with Crippen LogP contribution in [-0.4, -0.2) is 36.6 Å². The lowest BCUT2D eigenvalue weighted by atomic mass is 9.97. The summed E-state index contributed by atoms with van der Waals surface area (Å²) in [5.41, 5.74) is 1.82. The minimum Gasteiger partial charge on any atom is -0.396 e. The van der Waals surface area contributed by atoms with Crippen LogP contribution in [0.25, 0.3) is 0 Å². The van der Waals surface area contributed by atoms with E-state index in [-0.39, 0.29) is 18.6 Å². The molecule has 0 amide bonds. The van der Waals surface area contributed by atoms with Gasteiger partial charge in [0.05, 0.1) is 13.2 Å². The van der Waals surface area contributed by atoms with E-state index >= 15 is 0 Å². The second kappa shape index (κ2) is 14.4. The van der Waals surface area contributed by atoms with Crippen molar-refractivity contribution in [1.29, 1.82) is 0 Å². The maximum atomic E-state index is 8.43. The Balaban J connectivity index is -0.000000190. The van der Waals surface area contributed by atoms with E-state index in [4.69, 9.17) is 14.9 Å².